The van der Waals surface area contributed by atoms with E-state index in [1.54, 1.807) is 0 Å². The maximum Gasteiger partial charge on any atom is 0.354 e. The third kappa shape index (κ3) is 2.59. The van der Waals surface area contributed by atoms with Gasteiger partial charge in [0, 0.05) is 36.7 Å². The Hall–Kier alpha value is -2.41. The van der Waals surface area contributed by atoms with Crippen LogP contribution in [-0.4, -0.2) is 27.6 Å². The van der Waals surface area contributed by atoms with Crippen molar-refractivity contribution < 1.29 is 18.7 Å². The standard InChI is InChI=1S/C14H11F2N3O2/c15-8-3-7(4-9(16)5-8)13-18-11-1-2-17-6-10(11)12(19-13)14(20)21/h3-5,17H,1-2,6H2,(H,20,21). The fourth-order valence-electron chi connectivity index (χ4n) is 2.33. The van der Waals surface area contributed by atoms with E-state index >= 15 is 0 Å². The number of carboxylic acid groups (broad SMARTS) is 1. The molecule has 0 aliphatic carbocycles. The smallest absolute Gasteiger partial charge is 0.354 e. The Bertz CT molecular complexity index is 714. The minimum absolute atomic E-state index is 0.0199. The van der Waals surface area contributed by atoms with Gasteiger partial charge in [0.25, 0.3) is 0 Å². The minimum Gasteiger partial charge on any atom is -0.476 e. The highest BCUT2D eigenvalue weighted by atomic mass is 19.1. The Morgan fingerprint density at radius 3 is 2.57 bits per heavy atom. The van der Waals surface area contributed by atoms with Crippen LogP contribution in [-0.2, 0) is 13.0 Å². The van der Waals surface area contributed by atoms with Crippen molar-refractivity contribution in [3.05, 3.63) is 46.8 Å². The van der Waals surface area contributed by atoms with Crippen molar-refractivity contribution in [3.8, 4) is 11.4 Å². The Morgan fingerprint density at radius 2 is 1.90 bits per heavy atom. The van der Waals surface area contributed by atoms with Crippen LogP contribution in [0.4, 0.5) is 8.78 Å². The van der Waals surface area contributed by atoms with Gasteiger partial charge in [-0.25, -0.2) is 23.5 Å². The van der Waals surface area contributed by atoms with Gasteiger partial charge < -0.3 is 10.4 Å². The number of benzene rings is 1. The monoisotopic (exact) mass is 291 g/mol. The second kappa shape index (κ2) is 5.17. The van der Waals surface area contributed by atoms with E-state index in [0.717, 1.165) is 18.2 Å². The number of hydrogen-bond acceptors (Lipinski definition) is 4. The van der Waals surface area contributed by atoms with E-state index in [9.17, 15) is 18.7 Å². The average Bonchev–Trinajstić information content (AvgIpc) is 2.45. The van der Waals surface area contributed by atoms with Gasteiger partial charge in [-0.05, 0) is 12.1 Å². The lowest BCUT2D eigenvalue weighted by atomic mass is 10.0. The highest BCUT2D eigenvalue weighted by molar-refractivity contribution is 5.88. The molecular formula is C14H11F2N3O2. The lowest BCUT2D eigenvalue weighted by molar-refractivity contribution is 0.0688. The Kier molecular flexibility index (Phi) is 3.34. The highest BCUT2D eigenvalue weighted by Crippen LogP contribution is 2.23. The summed E-state index contributed by atoms with van der Waals surface area (Å²) >= 11 is 0. The topological polar surface area (TPSA) is 75.1 Å². The van der Waals surface area contributed by atoms with Gasteiger partial charge in [0.2, 0.25) is 0 Å². The average molecular weight is 291 g/mol. The summed E-state index contributed by atoms with van der Waals surface area (Å²) in [5.41, 5.74) is 1.11. The molecule has 0 atom stereocenters. The molecule has 21 heavy (non-hydrogen) atoms. The van der Waals surface area contributed by atoms with Gasteiger partial charge in [0.1, 0.15) is 11.6 Å². The van der Waals surface area contributed by atoms with Gasteiger partial charge in [-0.2, -0.15) is 0 Å². The molecule has 1 aliphatic rings. The van der Waals surface area contributed by atoms with Crippen molar-refractivity contribution in [2.24, 2.45) is 0 Å². The van der Waals surface area contributed by atoms with Gasteiger partial charge in [-0.1, -0.05) is 0 Å². The number of halogens is 2. The molecule has 2 heterocycles. The van der Waals surface area contributed by atoms with Crippen LogP contribution in [0.5, 0.6) is 0 Å². The number of carboxylic acids is 1. The van der Waals surface area contributed by atoms with Gasteiger partial charge in [0.05, 0.1) is 5.69 Å². The molecule has 1 aliphatic heterocycles. The Balaban J connectivity index is 2.19. The summed E-state index contributed by atoms with van der Waals surface area (Å²) in [5, 5.41) is 12.3. The van der Waals surface area contributed by atoms with Crippen LogP contribution >= 0.6 is 0 Å². The normalized spacial score (nSPS) is 13.8. The number of fused-ring (bicyclic) bond motifs is 1. The van der Waals surface area contributed by atoms with Crippen LogP contribution in [0, 0.1) is 11.6 Å². The summed E-state index contributed by atoms with van der Waals surface area (Å²) in [7, 11) is 0. The third-order valence-corrected chi connectivity index (χ3v) is 3.26. The van der Waals surface area contributed by atoms with Crippen molar-refractivity contribution in [2.75, 3.05) is 6.54 Å². The van der Waals surface area contributed by atoms with Crippen molar-refractivity contribution in [1.29, 1.82) is 0 Å². The molecule has 0 saturated carbocycles. The predicted molar refractivity (Wildman–Crippen MR) is 69.8 cm³/mol. The molecule has 3 rings (SSSR count). The molecule has 0 spiro atoms. The quantitative estimate of drug-likeness (QED) is 0.882. The molecule has 0 amide bonds. The maximum atomic E-state index is 13.3. The van der Waals surface area contributed by atoms with Crippen LogP contribution in [0.2, 0.25) is 0 Å². The molecule has 2 N–H and O–H groups in total. The summed E-state index contributed by atoms with van der Waals surface area (Å²) in [5.74, 6) is -2.68. The fraction of sp³-hybridized carbons (Fsp3) is 0.214. The first-order valence-electron chi connectivity index (χ1n) is 6.35. The minimum atomic E-state index is -1.18. The number of aromatic nitrogens is 2. The second-order valence-corrected chi connectivity index (χ2v) is 4.71. The van der Waals surface area contributed by atoms with E-state index in [1.165, 1.54) is 0 Å². The number of nitrogens with one attached hydrogen (secondary N) is 1. The van der Waals surface area contributed by atoms with Crippen molar-refractivity contribution >= 4 is 5.97 Å². The second-order valence-electron chi connectivity index (χ2n) is 4.71. The molecule has 1 aromatic carbocycles. The van der Waals surface area contributed by atoms with Crippen molar-refractivity contribution in [1.82, 2.24) is 15.3 Å². The number of rotatable bonds is 2. The summed E-state index contributed by atoms with van der Waals surface area (Å²) in [6.45, 7) is 1.04. The van der Waals surface area contributed by atoms with Gasteiger partial charge in [-0.15, -0.1) is 0 Å². The first-order valence-corrected chi connectivity index (χ1v) is 6.35. The zero-order chi connectivity index (χ0) is 15.0. The van der Waals surface area contributed by atoms with Crippen LogP contribution in [0.3, 0.4) is 0 Å². The SMILES string of the molecule is O=C(O)c1nc(-c2cc(F)cc(F)c2)nc2c1CNCC2. The van der Waals surface area contributed by atoms with E-state index in [1.807, 2.05) is 0 Å². The van der Waals surface area contributed by atoms with E-state index in [0.29, 0.717) is 30.8 Å². The number of aromatic carboxylic acids is 1. The predicted octanol–water partition coefficient (Wildman–Crippen LogP) is 1.77. The van der Waals surface area contributed by atoms with E-state index < -0.39 is 17.6 Å². The molecule has 108 valence electrons. The van der Waals surface area contributed by atoms with Crippen LogP contribution in [0.1, 0.15) is 21.7 Å². The molecule has 0 bridgehead atoms. The fourth-order valence-corrected chi connectivity index (χ4v) is 2.33. The molecule has 1 aromatic heterocycles. The molecular weight excluding hydrogens is 280 g/mol. The first kappa shape index (κ1) is 13.6. The zero-order valence-electron chi connectivity index (χ0n) is 10.9. The lowest BCUT2D eigenvalue weighted by Gasteiger charge is -2.18. The van der Waals surface area contributed by atoms with Gasteiger partial charge >= 0.3 is 5.97 Å². The van der Waals surface area contributed by atoms with E-state index in [-0.39, 0.29) is 17.1 Å². The molecule has 7 heteroatoms. The molecule has 2 aromatic rings. The largest absolute Gasteiger partial charge is 0.476 e. The maximum absolute atomic E-state index is 13.3. The van der Waals surface area contributed by atoms with Crippen LogP contribution < -0.4 is 5.32 Å². The van der Waals surface area contributed by atoms with Crippen molar-refractivity contribution in [2.45, 2.75) is 13.0 Å². The van der Waals surface area contributed by atoms with Crippen molar-refractivity contribution in [3.63, 3.8) is 0 Å². The summed E-state index contributed by atoms with van der Waals surface area (Å²) < 4.78 is 26.6. The highest BCUT2D eigenvalue weighted by Gasteiger charge is 2.22. The summed E-state index contributed by atoms with van der Waals surface area (Å²) in [6.07, 6.45) is 0.545. The molecule has 0 unspecified atom stereocenters. The first-order chi connectivity index (χ1) is 10.0. The molecule has 0 radical (unpaired) electrons. The van der Waals surface area contributed by atoms with Crippen LogP contribution in [0.25, 0.3) is 11.4 Å². The molecule has 0 fully saturated rings. The van der Waals surface area contributed by atoms with E-state index in [2.05, 4.69) is 15.3 Å². The molecule has 0 saturated heterocycles. The lowest BCUT2D eigenvalue weighted by Crippen LogP contribution is -2.28. The third-order valence-electron chi connectivity index (χ3n) is 3.26. The summed E-state index contributed by atoms with van der Waals surface area (Å²) in [4.78, 5) is 19.5. The number of hydrogen-bond donors (Lipinski definition) is 2. The van der Waals surface area contributed by atoms with Gasteiger partial charge in [-0.3, -0.25) is 0 Å². The zero-order valence-corrected chi connectivity index (χ0v) is 10.9. The van der Waals surface area contributed by atoms with Crippen LogP contribution in [0.15, 0.2) is 18.2 Å². The summed E-state index contributed by atoms with van der Waals surface area (Å²) in [6, 6.07) is 2.90. The molecule has 5 nitrogen and oxygen atoms in total. The number of nitrogens with zero attached hydrogens (tertiary/aromatic N) is 2. The van der Waals surface area contributed by atoms with Gasteiger partial charge in [0.15, 0.2) is 11.5 Å². The Morgan fingerprint density at radius 1 is 1.19 bits per heavy atom. The van der Waals surface area contributed by atoms with E-state index in [4.69, 9.17) is 0 Å². The Labute approximate surface area is 118 Å². The number of carbonyl (C=O) groups is 1.